The van der Waals surface area contributed by atoms with Crippen molar-refractivity contribution in [3.8, 4) is 0 Å². The zero-order chi connectivity index (χ0) is 11.3. The Morgan fingerprint density at radius 2 is 2.07 bits per heavy atom. The molecule has 3 N–H and O–H groups in total. The van der Waals surface area contributed by atoms with Crippen molar-refractivity contribution in [1.29, 1.82) is 0 Å². The van der Waals surface area contributed by atoms with E-state index in [1.54, 1.807) is 0 Å². The largest absolute Gasteiger partial charge is 0.457 e. The minimum atomic E-state index is -0.582. The minimum absolute atomic E-state index is 0.167. The summed E-state index contributed by atoms with van der Waals surface area (Å²) >= 11 is 0. The summed E-state index contributed by atoms with van der Waals surface area (Å²) in [6.07, 6.45) is 4.38. The molecule has 1 aliphatic rings. The van der Waals surface area contributed by atoms with Crippen LogP contribution in [0, 0.1) is 0 Å². The third-order valence-electron chi connectivity index (χ3n) is 2.46. The molecular weight excluding hydrogens is 196 g/mol. The fraction of sp³-hybridized carbons (Fsp3) is 0.600. The van der Waals surface area contributed by atoms with E-state index in [0.717, 1.165) is 31.8 Å². The number of nitrogens with two attached hydrogens (primary N) is 1. The van der Waals surface area contributed by atoms with Gasteiger partial charge in [0.2, 0.25) is 0 Å². The van der Waals surface area contributed by atoms with Crippen LogP contribution in [-0.2, 0) is 9.53 Å². The first kappa shape index (κ1) is 11.6. The lowest BCUT2D eigenvalue weighted by molar-refractivity contribution is -0.145. The third kappa shape index (κ3) is 3.61. The average Bonchev–Trinajstić information content (AvgIpc) is 2.20. The normalized spacial score (nSPS) is 25.3. The van der Waals surface area contributed by atoms with Gasteiger partial charge in [-0.25, -0.2) is 9.59 Å². The summed E-state index contributed by atoms with van der Waals surface area (Å²) in [4.78, 5) is 21.7. The number of nitrogens with one attached hydrogen (secondary N) is 1. The molecule has 2 unspecified atom stereocenters. The summed E-state index contributed by atoms with van der Waals surface area (Å²) in [6.45, 7) is 3.33. The van der Waals surface area contributed by atoms with Gasteiger partial charge in [-0.1, -0.05) is 13.0 Å². The summed E-state index contributed by atoms with van der Waals surface area (Å²) in [5, 5.41) is 2.59. The molecule has 5 heteroatoms. The Labute approximate surface area is 88.7 Å². The molecule has 0 aromatic carbocycles. The molecule has 0 spiro atoms. The molecular formula is C10H16N2O3. The SMILES string of the molecule is C=CC(=O)OC1CCCCC1NC(N)=O. The Morgan fingerprint density at radius 1 is 1.40 bits per heavy atom. The van der Waals surface area contributed by atoms with Crippen molar-refractivity contribution < 1.29 is 14.3 Å². The lowest BCUT2D eigenvalue weighted by atomic mass is 9.92. The molecule has 0 aliphatic heterocycles. The topological polar surface area (TPSA) is 81.4 Å². The number of urea groups is 1. The van der Waals surface area contributed by atoms with E-state index in [4.69, 9.17) is 10.5 Å². The van der Waals surface area contributed by atoms with E-state index < -0.39 is 12.0 Å². The first-order valence-corrected chi connectivity index (χ1v) is 5.02. The predicted molar refractivity (Wildman–Crippen MR) is 55.1 cm³/mol. The Morgan fingerprint density at radius 3 is 2.67 bits per heavy atom. The average molecular weight is 212 g/mol. The van der Waals surface area contributed by atoms with Crippen molar-refractivity contribution in [1.82, 2.24) is 5.32 Å². The van der Waals surface area contributed by atoms with Gasteiger partial charge in [-0.2, -0.15) is 0 Å². The standard InChI is InChI=1S/C10H16N2O3/c1-2-9(13)15-8-6-4-3-5-7(8)12-10(11)14/h2,7-8H,1,3-6H2,(H3,11,12,14). The van der Waals surface area contributed by atoms with Crippen LogP contribution in [0.15, 0.2) is 12.7 Å². The summed E-state index contributed by atoms with van der Waals surface area (Å²) in [5.41, 5.74) is 5.04. The molecule has 0 heterocycles. The smallest absolute Gasteiger partial charge is 0.330 e. The number of hydrogen-bond donors (Lipinski definition) is 2. The number of primary amides is 1. The van der Waals surface area contributed by atoms with Crippen molar-refractivity contribution in [2.24, 2.45) is 5.73 Å². The van der Waals surface area contributed by atoms with Gasteiger partial charge >= 0.3 is 12.0 Å². The van der Waals surface area contributed by atoms with E-state index in [1.807, 2.05) is 0 Å². The van der Waals surface area contributed by atoms with Crippen LogP contribution >= 0.6 is 0 Å². The van der Waals surface area contributed by atoms with Gasteiger partial charge in [0.25, 0.3) is 0 Å². The number of ether oxygens (including phenoxy) is 1. The van der Waals surface area contributed by atoms with Crippen LogP contribution in [0.2, 0.25) is 0 Å². The molecule has 5 nitrogen and oxygen atoms in total. The molecule has 2 atom stereocenters. The van der Waals surface area contributed by atoms with Crippen LogP contribution in [0.3, 0.4) is 0 Å². The van der Waals surface area contributed by atoms with Gasteiger partial charge in [0, 0.05) is 6.08 Å². The molecule has 0 saturated heterocycles. The van der Waals surface area contributed by atoms with Gasteiger partial charge in [-0.15, -0.1) is 0 Å². The molecule has 15 heavy (non-hydrogen) atoms. The van der Waals surface area contributed by atoms with Crippen LogP contribution in [-0.4, -0.2) is 24.1 Å². The van der Waals surface area contributed by atoms with Crippen LogP contribution in [0.5, 0.6) is 0 Å². The van der Waals surface area contributed by atoms with Crippen molar-refractivity contribution in [3.63, 3.8) is 0 Å². The quantitative estimate of drug-likeness (QED) is 0.533. The van der Waals surface area contributed by atoms with Crippen molar-refractivity contribution >= 4 is 12.0 Å². The highest BCUT2D eigenvalue weighted by Crippen LogP contribution is 2.21. The molecule has 0 radical (unpaired) electrons. The maximum atomic E-state index is 11.0. The second-order valence-corrected chi connectivity index (χ2v) is 3.58. The van der Waals surface area contributed by atoms with Crippen LogP contribution in [0.25, 0.3) is 0 Å². The monoisotopic (exact) mass is 212 g/mol. The lowest BCUT2D eigenvalue weighted by Gasteiger charge is -2.30. The zero-order valence-electron chi connectivity index (χ0n) is 8.57. The molecule has 1 rings (SSSR count). The van der Waals surface area contributed by atoms with Crippen LogP contribution in [0.4, 0.5) is 4.79 Å². The molecule has 84 valence electrons. The summed E-state index contributed by atoms with van der Waals surface area (Å²) in [5.74, 6) is -0.460. The van der Waals surface area contributed by atoms with E-state index in [2.05, 4.69) is 11.9 Å². The van der Waals surface area contributed by atoms with Crippen molar-refractivity contribution in [2.75, 3.05) is 0 Å². The third-order valence-corrected chi connectivity index (χ3v) is 2.46. The van der Waals surface area contributed by atoms with Gasteiger partial charge in [-0.3, -0.25) is 0 Å². The highest BCUT2D eigenvalue weighted by Gasteiger charge is 2.28. The van der Waals surface area contributed by atoms with Gasteiger partial charge in [0.15, 0.2) is 0 Å². The lowest BCUT2D eigenvalue weighted by Crippen LogP contribution is -2.48. The molecule has 1 saturated carbocycles. The number of rotatable bonds is 3. The van der Waals surface area contributed by atoms with Gasteiger partial charge in [-0.05, 0) is 19.3 Å². The Balaban J connectivity index is 2.52. The number of carbonyl (C=O) groups is 2. The van der Waals surface area contributed by atoms with Crippen molar-refractivity contribution in [2.45, 2.75) is 37.8 Å². The number of amides is 2. The number of esters is 1. The molecule has 2 amide bonds. The summed E-state index contributed by atoms with van der Waals surface area (Å²) < 4.78 is 5.13. The fourth-order valence-electron chi connectivity index (χ4n) is 1.78. The minimum Gasteiger partial charge on any atom is -0.457 e. The van der Waals surface area contributed by atoms with E-state index in [-0.39, 0.29) is 12.1 Å². The second kappa shape index (κ2) is 5.38. The molecule has 0 aromatic heterocycles. The molecule has 1 aliphatic carbocycles. The highest BCUT2D eigenvalue weighted by molar-refractivity contribution is 5.81. The van der Waals surface area contributed by atoms with E-state index in [0.29, 0.717) is 0 Å². The Bertz CT molecular complexity index is 265. The van der Waals surface area contributed by atoms with Crippen molar-refractivity contribution in [3.05, 3.63) is 12.7 Å². The molecule has 1 fully saturated rings. The van der Waals surface area contributed by atoms with E-state index in [9.17, 15) is 9.59 Å². The predicted octanol–water partition coefficient (Wildman–Crippen LogP) is 0.695. The zero-order valence-corrected chi connectivity index (χ0v) is 8.57. The van der Waals surface area contributed by atoms with Crippen LogP contribution in [0.1, 0.15) is 25.7 Å². The Hall–Kier alpha value is -1.52. The first-order valence-electron chi connectivity index (χ1n) is 5.02. The van der Waals surface area contributed by atoms with Gasteiger partial charge < -0.3 is 15.8 Å². The molecule has 0 aromatic rings. The van der Waals surface area contributed by atoms with Crippen LogP contribution < -0.4 is 11.1 Å². The molecule has 0 bridgehead atoms. The maximum absolute atomic E-state index is 11.0. The Kier molecular flexibility index (Phi) is 4.15. The van der Waals surface area contributed by atoms with Gasteiger partial charge in [0.1, 0.15) is 6.10 Å². The first-order chi connectivity index (χ1) is 7.13. The fourth-order valence-corrected chi connectivity index (χ4v) is 1.78. The summed E-state index contributed by atoms with van der Waals surface area (Å²) in [7, 11) is 0. The van der Waals surface area contributed by atoms with E-state index >= 15 is 0 Å². The number of carbonyl (C=O) groups excluding carboxylic acids is 2. The highest BCUT2D eigenvalue weighted by atomic mass is 16.5. The van der Waals surface area contributed by atoms with E-state index in [1.165, 1.54) is 0 Å². The van der Waals surface area contributed by atoms with Gasteiger partial charge in [0.05, 0.1) is 6.04 Å². The number of hydrogen-bond acceptors (Lipinski definition) is 3. The summed E-state index contributed by atoms with van der Waals surface area (Å²) in [6, 6.07) is -0.748. The second-order valence-electron chi connectivity index (χ2n) is 3.58. The maximum Gasteiger partial charge on any atom is 0.330 e.